The summed E-state index contributed by atoms with van der Waals surface area (Å²) in [4.78, 5) is 10.9. The van der Waals surface area contributed by atoms with Gasteiger partial charge in [0.2, 0.25) is 0 Å². The maximum atomic E-state index is 10.9. The smallest absolute Gasteiger partial charge is 0.339 e. The molecule has 0 aliphatic carbocycles. The predicted octanol–water partition coefficient (Wildman–Crippen LogP) is 4.22. The molecule has 0 unspecified atom stereocenters. The van der Waals surface area contributed by atoms with Crippen LogP contribution in [0.15, 0.2) is 72.8 Å². The van der Waals surface area contributed by atoms with Gasteiger partial charge in [-0.25, -0.2) is 4.79 Å². The second-order valence-electron chi connectivity index (χ2n) is 5.54. The van der Waals surface area contributed by atoms with Crippen LogP contribution in [0, 0.1) is 0 Å². The van der Waals surface area contributed by atoms with Gasteiger partial charge in [0.25, 0.3) is 0 Å². The van der Waals surface area contributed by atoms with E-state index in [1.165, 1.54) is 18.2 Å². The van der Waals surface area contributed by atoms with Crippen molar-refractivity contribution in [2.45, 2.75) is 0 Å². The number of rotatable bonds is 7. The van der Waals surface area contributed by atoms with Crippen LogP contribution >= 0.6 is 0 Å². The van der Waals surface area contributed by atoms with Crippen molar-refractivity contribution < 1.29 is 24.5 Å². The largest absolute Gasteiger partial charge is 0.507 e. The van der Waals surface area contributed by atoms with E-state index in [-0.39, 0.29) is 17.9 Å². The van der Waals surface area contributed by atoms with E-state index in [2.05, 4.69) is 0 Å². The summed E-state index contributed by atoms with van der Waals surface area (Å²) in [6.07, 6.45) is 0. The minimum Gasteiger partial charge on any atom is -0.507 e. The van der Waals surface area contributed by atoms with E-state index in [4.69, 9.17) is 14.6 Å². The van der Waals surface area contributed by atoms with Crippen molar-refractivity contribution in [1.82, 2.24) is 0 Å². The third-order valence-corrected chi connectivity index (χ3v) is 3.78. The fourth-order valence-electron chi connectivity index (χ4n) is 2.54. The number of hydrogen-bond acceptors (Lipinski definition) is 4. The van der Waals surface area contributed by atoms with Gasteiger partial charge in [0.1, 0.15) is 36.0 Å². The molecule has 26 heavy (non-hydrogen) atoms. The normalized spacial score (nSPS) is 10.3. The van der Waals surface area contributed by atoms with Crippen LogP contribution in [-0.2, 0) is 0 Å². The molecule has 0 fully saturated rings. The molecule has 0 saturated carbocycles. The highest BCUT2D eigenvalue weighted by molar-refractivity contribution is 5.90. The lowest BCUT2D eigenvalue weighted by Crippen LogP contribution is -2.09. The van der Waals surface area contributed by atoms with Crippen molar-refractivity contribution in [3.63, 3.8) is 0 Å². The maximum Gasteiger partial charge on any atom is 0.339 e. The van der Waals surface area contributed by atoms with Crippen molar-refractivity contribution in [3.8, 4) is 28.4 Å². The molecular formula is C21H18O5. The van der Waals surface area contributed by atoms with Gasteiger partial charge in [-0.05, 0) is 23.8 Å². The Bertz CT molecular complexity index is 890. The maximum absolute atomic E-state index is 10.9. The molecule has 5 nitrogen and oxygen atoms in total. The van der Waals surface area contributed by atoms with Crippen LogP contribution < -0.4 is 9.47 Å². The highest BCUT2D eigenvalue weighted by Crippen LogP contribution is 2.29. The molecule has 3 rings (SSSR count). The lowest BCUT2D eigenvalue weighted by molar-refractivity contribution is 0.0693. The fraction of sp³-hybridized carbons (Fsp3) is 0.0952. The zero-order valence-electron chi connectivity index (χ0n) is 14.0. The van der Waals surface area contributed by atoms with E-state index in [0.29, 0.717) is 12.4 Å². The molecule has 132 valence electrons. The molecule has 0 bridgehead atoms. The first-order chi connectivity index (χ1) is 12.6. The van der Waals surface area contributed by atoms with Gasteiger partial charge in [-0.1, -0.05) is 48.5 Å². The Morgan fingerprint density at radius 1 is 0.846 bits per heavy atom. The second-order valence-corrected chi connectivity index (χ2v) is 5.54. The van der Waals surface area contributed by atoms with Crippen LogP contribution in [0.1, 0.15) is 10.4 Å². The zero-order chi connectivity index (χ0) is 18.4. The quantitative estimate of drug-likeness (QED) is 0.624. The van der Waals surface area contributed by atoms with E-state index in [1.54, 1.807) is 0 Å². The number of ether oxygens (including phenoxy) is 2. The fourth-order valence-corrected chi connectivity index (χ4v) is 2.54. The van der Waals surface area contributed by atoms with Crippen LogP contribution in [-0.4, -0.2) is 29.4 Å². The SMILES string of the molecule is O=C(O)c1ccc(OCCOc2ccccc2-c2ccccc2)cc1O. The summed E-state index contributed by atoms with van der Waals surface area (Å²) in [6, 6.07) is 21.8. The summed E-state index contributed by atoms with van der Waals surface area (Å²) in [5, 5.41) is 18.6. The highest BCUT2D eigenvalue weighted by Gasteiger charge is 2.10. The lowest BCUT2D eigenvalue weighted by Gasteiger charge is -2.12. The molecule has 0 amide bonds. The summed E-state index contributed by atoms with van der Waals surface area (Å²) in [5.74, 6) is -0.376. The third kappa shape index (κ3) is 4.13. The number of aromatic carboxylic acids is 1. The monoisotopic (exact) mass is 350 g/mol. The summed E-state index contributed by atoms with van der Waals surface area (Å²) >= 11 is 0. The molecule has 3 aromatic carbocycles. The lowest BCUT2D eigenvalue weighted by atomic mass is 10.1. The Balaban J connectivity index is 1.60. The molecule has 0 aromatic heterocycles. The first-order valence-corrected chi connectivity index (χ1v) is 8.11. The van der Waals surface area contributed by atoms with Gasteiger partial charge in [-0.2, -0.15) is 0 Å². The van der Waals surface area contributed by atoms with E-state index in [1.807, 2.05) is 54.6 Å². The standard InChI is InChI=1S/C21H18O5/c22-19-14-16(10-11-18(19)21(23)24)25-12-13-26-20-9-5-4-8-17(20)15-6-2-1-3-7-15/h1-11,14,22H,12-13H2,(H,23,24). The Labute approximate surface area is 151 Å². The Morgan fingerprint density at radius 3 is 2.27 bits per heavy atom. The van der Waals surface area contributed by atoms with Crippen LogP contribution in [0.3, 0.4) is 0 Å². The van der Waals surface area contributed by atoms with Gasteiger partial charge in [-0.15, -0.1) is 0 Å². The summed E-state index contributed by atoms with van der Waals surface area (Å²) in [7, 11) is 0. The Morgan fingerprint density at radius 2 is 1.54 bits per heavy atom. The van der Waals surface area contributed by atoms with Gasteiger partial charge in [-0.3, -0.25) is 0 Å². The molecule has 0 saturated heterocycles. The number of phenols is 1. The average Bonchev–Trinajstić information content (AvgIpc) is 2.66. The molecule has 0 spiro atoms. The third-order valence-electron chi connectivity index (χ3n) is 3.78. The van der Waals surface area contributed by atoms with E-state index < -0.39 is 5.97 Å². The molecule has 2 N–H and O–H groups in total. The summed E-state index contributed by atoms with van der Waals surface area (Å²) < 4.78 is 11.3. The van der Waals surface area contributed by atoms with E-state index >= 15 is 0 Å². The molecule has 0 radical (unpaired) electrons. The van der Waals surface area contributed by atoms with E-state index in [0.717, 1.165) is 16.9 Å². The highest BCUT2D eigenvalue weighted by atomic mass is 16.5. The number of carbonyl (C=O) groups is 1. The van der Waals surface area contributed by atoms with Crippen LogP contribution in [0.4, 0.5) is 0 Å². The molecule has 3 aromatic rings. The number of aromatic hydroxyl groups is 1. The van der Waals surface area contributed by atoms with Crippen LogP contribution in [0.25, 0.3) is 11.1 Å². The van der Waals surface area contributed by atoms with Crippen molar-refractivity contribution >= 4 is 5.97 Å². The van der Waals surface area contributed by atoms with Crippen molar-refractivity contribution in [3.05, 3.63) is 78.4 Å². The minimum absolute atomic E-state index is 0.162. The summed E-state index contributed by atoms with van der Waals surface area (Å²) in [6.45, 7) is 0.570. The molecule has 0 aliphatic heterocycles. The number of carboxylic acids is 1. The van der Waals surface area contributed by atoms with Gasteiger partial charge < -0.3 is 19.7 Å². The van der Waals surface area contributed by atoms with Gasteiger partial charge in [0.05, 0.1) is 0 Å². The van der Waals surface area contributed by atoms with Gasteiger partial charge >= 0.3 is 5.97 Å². The predicted molar refractivity (Wildman–Crippen MR) is 97.9 cm³/mol. The zero-order valence-corrected chi connectivity index (χ0v) is 14.0. The molecule has 5 heteroatoms. The average molecular weight is 350 g/mol. The van der Waals surface area contributed by atoms with E-state index in [9.17, 15) is 9.90 Å². The van der Waals surface area contributed by atoms with Crippen molar-refractivity contribution in [1.29, 1.82) is 0 Å². The molecule has 0 aliphatic rings. The first-order valence-electron chi connectivity index (χ1n) is 8.11. The van der Waals surface area contributed by atoms with Crippen molar-refractivity contribution in [2.24, 2.45) is 0 Å². The number of carboxylic acid groups (broad SMARTS) is 1. The number of benzene rings is 3. The minimum atomic E-state index is -1.19. The molecule has 0 heterocycles. The summed E-state index contributed by atoms with van der Waals surface area (Å²) in [5.41, 5.74) is 1.90. The van der Waals surface area contributed by atoms with Gasteiger partial charge in [0.15, 0.2) is 0 Å². The van der Waals surface area contributed by atoms with Crippen LogP contribution in [0.5, 0.6) is 17.2 Å². The Hall–Kier alpha value is -3.47. The second kappa shape index (κ2) is 8.07. The molecular weight excluding hydrogens is 332 g/mol. The van der Waals surface area contributed by atoms with Crippen LogP contribution in [0.2, 0.25) is 0 Å². The van der Waals surface area contributed by atoms with Crippen molar-refractivity contribution in [2.75, 3.05) is 13.2 Å². The number of hydrogen-bond donors (Lipinski definition) is 2. The topological polar surface area (TPSA) is 76.0 Å². The first kappa shape index (κ1) is 17.4. The Kier molecular flexibility index (Phi) is 5.39. The molecule has 0 atom stereocenters. The number of para-hydroxylation sites is 1. The van der Waals surface area contributed by atoms with Gasteiger partial charge in [0, 0.05) is 11.6 Å².